The van der Waals surface area contributed by atoms with E-state index in [1.165, 1.54) is 38.8 Å². The number of hydrogen-bond donors (Lipinski definition) is 1. The molecule has 10 heteroatoms. The van der Waals surface area contributed by atoms with E-state index < -0.39 is 0 Å². The molecule has 18 heavy (non-hydrogen) atoms. The van der Waals surface area contributed by atoms with Crippen LogP contribution in [0.5, 0.6) is 0 Å². The molecular weight excluding hydrogens is 276 g/mol. The average molecular weight is 284 g/mol. The molecule has 3 rings (SSSR count). The van der Waals surface area contributed by atoms with Gasteiger partial charge in [0, 0.05) is 0 Å². The number of rotatable bonds is 3. The van der Waals surface area contributed by atoms with Crippen LogP contribution in [0.15, 0.2) is 6.33 Å². The van der Waals surface area contributed by atoms with Crippen molar-refractivity contribution < 1.29 is 9.59 Å². The first-order valence-electron chi connectivity index (χ1n) is 5.04. The molecule has 2 aromatic rings. The summed E-state index contributed by atoms with van der Waals surface area (Å²) in [5.74, 6) is 0.755. The largest absolute Gasteiger partial charge is 0.323 e. The van der Waals surface area contributed by atoms with Crippen molar-refractivity contribution in [2.24, 2.45) is 0 Å². The molecule has 3 heterocycles. The van der Waals surface area contributed by atoms with Crippen LogP contribution in [-0.2, 0) is 9.59 Å². The highest BCUT2D eigenvalue weighted by Crippen LogP contribution is 2.18. The monoisotopic (exact) mass is 284 g/mol. The number of carbonyl (C=O) groups is 2. The van der Waals surface area contributed by atoms with E-state index in [1.807, 2.05) is 0 Å². The highest BCUT2D eigenvalue weighted by Gasteiger charge is 2.23. The summed E-state index contributed by atoms with van der Waals surface area (Å²) in [6.45, 7) is 0.0615. The van der Waals surface area contributed by atoms with Crippen molar-refractivity contribution >= 4 is 45.0 Å². The van der Waals surface area contributed by atoms with Gasteiger partial charge in [-0.25, -0.2) is 0 Å². The van der Waals surface area contributed by atoms with E-state index in [0.717, 1.165) is 0 Å². The molecule has 1 N–H and O–H groups in total. The second-order valence-corrected chi connectivity index (χ2v) is 5.49. The molecule has 1 saturated heterocycles. The van der Waals surface area contributed by atoms with Gasteiger partial charge in [-0.2, -0.15) is 4.52 Å². The Labute approximate surface area is 109 Å². The Bertz CT molecular complexity index is 579. The van der Waals surface area contributed by atoms with Gasteiger partial charge in [-0.15, -0.1) is 27.1 Å². The minimum atomic E-state index is -0.254. The van der Waals surface area contributed by atoms with Gasteiger partial charge in [-0.05, 0) is 0 Å². The summed E-state index contributed by atoms with van der Waals surface area (Å²) in [6.07, 6.45) is 1.46. The summed E-state index contributed by atoms with van der Waals surface area (Å²) >= 11 is 2.73. The number of carbonyl (C=O) groups excluding carboxylic acids is 2. The van der Waals surface area contributed by atoms with Gasteiger partial charge in [0.2, 0.25) is 21.9 Å². The molecule has 0 aromatic carbocycles. The van der Waals surface area contributed by atoms with Gasteiger partial charge in [0.1, 0.15) is 12.9 Å². The number of amides is 2. The Kier molecular flexibility index (Phi) is 2.88. The predicted octanol–water partition coefficient (Wildman–Crippen LogP) is -0.343. The van der Waals surface area contributed by atoms with Crippen LogP contribution in [-0.4, -0.2) is 54.7 Å². The van der Waals surface area contributed by atoms with Crippen LogP contribution in [0.1, 0.15) is 0 Å². The van der Waals surface area contributed by atoms with E-state index in [2.05, 4.69) is 20.6 Å². The Morgan fingerprint density at radius 1 is 1.56 bits per heavy atom. The van der Waals surface area contributed by atoms with Gasteiger partial charge in [0.25, 0.3) is 0 Å². The lowest BCUT2D eigenvalue weighted by atomic mass is 10.5. The average Bonchev–Trinajstić information content (AvgIpc) is 2.96. The number of aromatic nitrogens is 4. The lowest BCUT2D eigenvalue weighted by Crippen LogP contribution is -2.34. The number of nitrogens with zero attached hydrogens (tertiary/aromatic N) is 5. The van der Waals surface area contributed by atoms with E-state index in [0.29, 0.717) is 21.7 Å². The maximum atomic E-state index is 11.7. The molecule has 1 aliphatic heterocycles. The second-order valence-electron chi connectivity index (χ2n) is 3.58. The Morgan fingerprint density at radius 3 is 3.17 bits per heavy atom. The molecule has 2 amide bonds. The van der Waals surface area contributed by atoms with Gasteiger partial charge in [0.05, 0.1) is 11.6 Å². The number of thioether (sulfide) groups is 1. The zero-order chi connectivity index (χ0) is 12.5. The van der Waals surface area contributed by atoms with Crippen molar-refractivity contribution in [1.29, 1.82) is 0 Å². The van der Waals surface area contributed by atoms with E-state index in [4.69, 9.17) is 0 Å². The van der Waals surface area contributed by atoms with Gasteiger partial charge < -0.3 is 4.90 Å². The standard InChI is InChI=1S/C8H8N6O2S2/c15-5(1-13-4-17-2-6(13)16)10-7-12-14-3-9-11-8(14)18-7/h3H,1-2,4H2,(H,10,12,15). The minimum Gasteiger partial charge on any atom is -0.323 e. The van der Waals surface area contributed by atoms with Crippen LogP contribution < -0.4 is 5.32 Å². The highest BCUT2D eigenvalue weighted by atomic mass is 32.2. The molecule has 0 bridgehead atoms. The fourth-order valence-corrected chi connectivity index (χ4v) is 3.12. The van der Waals surface area contributed by atoms with E-state index in [1.54, 1.807) is 0 Å². The molecule has 0 unspecified atom stereocenters. The first-order chi connectivity index (χ1) is 8.72. The third kappa shape index (κ3) is 2.16. The van der Waals surface area contributed by atoms with Gasteiger partial charge in [0.15, 0.2) is 0 Å². The van der Waals surface area contributed by atoms with Crippen LogP contribution >= 0.6 is 23.1 Å². The molecular formula is C8H8N6O2S2. The Balaban J connectivity index is 1.63. The maximum Gasteiger partial charge on any atom is 0.245 e. The quantitative estimate of drug-likeness (QED) is 0.828. The molecule has 94 valence electrons. The number of hydrogen-bond acceptors (Lipinski definition) is 7. The summed E-state index contributed by atoms with van der Waals surface area (Å²) < 4.78 is 1.48. The zero-order valence-corrected chi connectivity index (χ0v) is 10.7. The van der Waals surface area contributed by atoms with Gasteiger partial charge in [-0.1, -0.05) is 11.3 Å². The Hall–Kier alpha value is -1.68. The smallest absolute Gasteiger partial charge is 0.245 e. The van der Waals surface area contributed by atoms with Crippen LogP contribution in [0.4, 0.5) is 5.13 Å². The third-order valence-electron chi connectivity index (χ3n) is 2.29. The number of fused-ring (bicyclic) bond motifs is 1. The number of anilines is 1. The van der Waals surface area contributed by atoms with E-state index >= 15 is 0 Å². The fourth-order valence-electron chi connectivity index (χ4n) is 1.48. The fraction of sp³-hybridized carbons (Fsp3) is 0.375. The summed E-state index contributed by atoms with van der Waals surface area (Å²) in [7, 11) is 0. The van der Waals surface area contributed by atoms with Crippen molar-refractivity contribution in [3.8, 4) is 0 Å². The molecule has 0 aliphatic carbocycles. The predicted molar refractivity (Wildman–Crippen MR) is 66.3 cm³/mol. The van der Waals surface area contributed by atoms with Crippen molar-refractivity contribution in [2.75, 3.05) is 23.5 Å². The zero-order valence-electron chi connectivity index (χ0n) is 9.07. The molecule has 0 atom stereocenters. The summed E-state index contributed by atoms with van der Waals surface area (Å²) in [4.78, 5) is 25.2. The highest BCUT2D eigenvalue weighted by molar-refractivity contribution is 8.00. The van der Waals surface area contributed by atoms with Crippen molar-refractivity contribution in [3.63, 3.8) is 0 Å². The third-order valence-corrected chi connectivity index (χ3v) is 4.07. The summed E-state index contributed by atoms with van der Waals surface area (Å²) in [5.41, 5.74) is 0. The molecule has 1 aliphatic rings. The second kappa shape index (κ2) is 4.53. The van der Waals surface area contributed by atoms with Crippen LogP contribution in [0, 0.1) is 0 Å². The first kappa shape index (κ1) is 11.4. The first-order valence-corrected chi connectivity index (χ1v) is 7.02. The van der Waals surface area contributed by atoms with E-state index in [-0.39, 0.29) is 18.4 Å². The van der Waals surface area contributed by atoms with Gasteiger partial charge >= 0.3 is 0 Å². The van der Waals surface area contributed by atoms with Crippen LogP contribution in [0.2, 0.25) is 0 Å². The van der Waals surface area contributed by atoms with Crippen molar-refractivity contribution in [3.05, 3.63) is 6.33 Å². The summed E-state index contributed by atoms with van der Waals surface area (Å²) in [5, 5.41) is 14.6. The van der Waals surface area contributed by atoms with Crippen LogP contribution in [0.25, 0.3) is 4.96 Å². The van der Waals surface area contributed by atoms with Crippen molar-refractivity contribution in [2.45, 2.75) is 0 Å². The molecule has 0 radical (unpaired) electrons. The van der Waals surface area contributed by atoms with Crippen LogP contribution in [0.3, 0.4) is 0 Å². The SMILES string of the molecule is O=C(CN1CSCC1=O)Nc1nn2cnnc2s1. The lowest BCUT2D eigenvalue weighted by molar-refractivity contribution is -0.130. The summed E-state index contributed by atoms with van der Waals surface area (Å²) in [6, 6.07) is 0. The van der Waals surface area contributed by atoms with Gasteiger partial charge in [-0.3, -0.25) is 14.9 Å². The molecule has 1 fully saturated rings. The van der Waals surface area contributed by atoms with E-state index in [9.17, 15) is 9.59 Å². The topological polar surface area (TPSA) is 92.5 Å². The molecule has 2 aromatic heterocycles. The number of nitrogens with one attached hydrogen (secondary N) is 1. The maximum absolute atomic E-state index is 11.7. The lowest BCUT2D eigenvalue weighted by Gasteiger charge is -2.12. The molecule has 8 nitrogen and oxygen atoms in total. The normalized spacial score (nSPS) is 15.6. The Morgan fingerprint density at radius 2 is 2.44 bits per heavy atom. The van der Waals surface area contributed by atoms with Crippen molar-refractivity contribution in [1.82, 2.24) is 24.7 Å². The molecule has 0 spiro atoms. The molecule has 0 saturated carbocycles. The minimum absolute atomic E-state index is 0.00621.